The third-order valence-electron chi connectivity index (χ3n) is 4.57. The van der Waals surface area contributed by atoms with Crippen molar-refractivity contribution in [1.29, 1.82) is 0 Å². The minimum absolute atomic E-state index is 0.573. The molecule has 1 atom stereocenters. The Morgan fingerprint density at radius 3 is 2.76 bits per heavy atom. The van der Waals surface area contributed by atoms with E-state index in [0.29, 0.717) is 6.04 Å². The third-order valence-corrected chi connectivity index (χ3v) is 4.57. The molecule has 0 bridgehead atoms. The van der Waals surface area contributed by atoms with Crippen LogP contribution >= 0.6 is 0 Å². The van der Waals surface area contributed by atoms with E-state index in [0.717, 1.165) is 38.3 Å². The van der Waals surface area contributed by atoms with Crippen molar-refractivity contribution < 1.29 is 4.74 Å². The highest BCUT2D eigenvalue weighted by Gasteiger charge is 2.18. The molecule has 4 nitrogen and oxygen atoms in total. The van der Waals surface area contributed by atoms with Crippen LogP contribution in [0.15, 0.2) is 24.4 Å². The molecule has 1 aromatic carbocycles. The van der Waals surface area contributed by atoms with E-state index in [4.69, 9.17) is 4.74 Å². The van der Waals surface area contributed by atoms with Crippen molar-refractivity contribution in [2.75, 3.05) is 33.3 Å². The summed E-state index contributed by atoms with van der Waals surface area (Å²) in [5.41, 5.74) is 2.69. The SMILES string of the molecule is COc1ccc2c(c1)c(CC(C)N1CCNCC1)cn2C. The summed E-state index contributed by atoms with van der Waals surface area (Å²) < 4.78 is 7.60. The molecule has 1 aromatic heterocycles. The average Bonchev–Trinajstić information content (AvgIpc) is 2.83. The lowest BCUT2D eigenvalue weighted by molar-refractivity contribution is 0.183. The number of rotatable bonds is 4. The van der Waals surface area contributed by atoms with Gasteiger partial charge in [0.2, 0.25) is 0 Å². The quantitative estimate of drug-likeness (QED) is 0.933. The lowest BCUT2D eigenvalue weighted by atomic mass is 10.0. The van der Waals surface area contributed by atoms with Gasteiger partial charge in [-0.1, -0.05) is 0 Å². The van der Waals surface area contributed by atoms with E-state index in [1.54, 1.807) is 7.11 Å². The molecule has 1 fully saturated rings. The van der Waals surface area contributed by atoms with Gasteiger partial charge < -0.3 is 14.6 Å². The number of methoxy groups -OCH3 is 1. The van der Waals surface area contributed by atoms with E-state index >= 15 is 0 Å². The summed E-state index contributed by atoms with van der Waals surface area (Å²) in [7, 11) is 3.85. The highest BCUT2D eigenvalue weighted by atomic mass is 16.5. The maximum atomic E-state index is 5.38. The van der Waals surface area contributed by atoms with E-state index in [-0.39, 0.29) is 0 Å². The molecule has 1 unspecified atom stereocenters. The Labute approximate surface area is 126 Å². The van der Waals surface area contributed by atoms with Gasteiger partial charge in [-0.25, -0.2) is 0 Å². The summed E-state index contributed by atoms with van der Waals surface area (Å²) in [6.45, 7) is 6.84. The predicted octanol–water partition coefficient (Wildman–Crippen LogP) is 2.02. The Morgan fingerprint density at radius 1 is 1.29 bits per heavy atom. The minimum Gasteiger partial charge on any atom is -0.497 e. The Kier molecular flexibility index (Phi) is 4.17. The molecular formula is C17H25N3O. The van der Waals surface area contributed by atoms with Crippen molar-refractivity contribution in [3.05, 3.63) is 30.0 Å². The Balaban J connectivity index is 1.85. The second-order valence-electron chi connectivity index (χ2n) is 5.99. The molecule has 1 saturated heterocycles. The zero-order valence-electron chi connectivity index (χ0n) is 13.2. The number of ether oxygens (including phenoxy) is 1. The molecule has 2 heterocycles. The van der Waals surface area contributed by atoms with Crippen LogP contribution in [0, 0.1) is 0 Å². The van der Waals surface area contributed by atoms with E-state index in [9.17, 15) is 0 Å². The smallest absolute Gasteiger partial charge is 0.119 e. The number of hydrogen-bond donors (Lipinski definition) is 1. The molecular weight excluding hydrogens is 262 g/mol. The van der Waals surface area contributed by atoms with Crippen molar-refractivity contribution >= 4 is 10.9 Å². The van der Waals surface area contributed by atoms with Gasteiger partial charge in [-0.15, -0.1) is 0 Å². The lowest BCUT2D eigenvalue weighted by Gasteiger charge is -2.32. The molecule has 0 amide bonds. The molecule has 0 radical (unpaired) electrons. The van der Waals surface area contributed by atoms with Crippen molar-refractivity contribution in [3.8, 4) is 5.75 Å². The van der Waals surface area contributed by atoms with Crippen LogP contribution in [0.3, 0.4) is 0 Å². The predicted molar refractivity (Wildman–Crippen MR) is 87.1 cm³/mol. The van der Waals surface area contributed by atoms with Gasteiger partial charge in [0.1, 0.15) is 5.75 Å². The number of benzene rings is 1. The van der Waals surface area contributed by atoms with Crippen LogP contribution in [-0.4, -0.2) is 48.8 Å². The lowest BCUT2D eigenvalue weighted by Crippen LogP contribution is -2.48. The number of fused-ring (bicyclic) bond motifs is 1. The Bertz CT molecular complexity index is 614. The zero-order valence-corrected chi connectivity index (χ0v) is 13.2. The standard InChI is InChI=1S/C17H25N3O/c1-13(20-8-6-18-7-9-20)10-14-12-19(2)17-5-4-15(21-3)11-16(14)17/h4-5,11-13,18H,6-10H2,1-3H3. The van der Waals surface area contributed by atoms with Gasteiger partial charge in [0.15, 0.2) is 0 Å². The largest absolute Gasteiger partial charge is 0.497 e. The van der Waals surface area contributed by atoms with Crippen molar-refractivity contribution in [2.24, 2.45) is 7.05 Å². The van der Waals surface area contributed by atoms with Crippen molar-refractivity contribution in [2.45, 2.75) is 19.4 Å². The number of nitrogens with one attached hydrogen (secondary N) is 1. The van der Waals surface area contributed by atoms with Crippen molar-refractivity contribution in [3.63, 3.8) is 0 Å². The first kappa shape index (κ1) is 14.4. The molecule has 21 heavy (non-hydrogen) atoms. The molecule has 0 saturated carbocycles. The summed E-state index contributed by atoms with van der Waals surface area (Å²) in [4.78, 5) is 2.58. The summed E-state index contributed by atoms with van der Waals surface area (Å²) in [5, 5.41) is 4.74. The molecule has 1 aliphatic heterocycles. The summed E-state index contributed by atoms with van der Waals surface area (Å²) in [6, 6.07) is 6.91. The minimum atomic E-state index is 0.573. The zero-order chi connectivity index (χ0) is 14.8. The van der Waals surface area contributed by atoms with E-state index in [2.05, 4.69) is 47.1 Å². The molecule has 0 aliphatic carbocycles. The normalized spacial score (nSPS) is 18.0. The third kappa shape index (κ3) is 2.92. The number of hydrogen-bond acceptors (Lipinski definition) is 3. The molecule has 2 aromatic rings. The second kappa shape index (κ2) is 6.08. The van der Waals surface area contributed by atoms with Crippen LogP contribution in [0.5, 0.6) is 5.75 Å². The van der Waals surface area contributed by atoms with E-state index in [1.807, 2.05) is 6.07 Å². The first-order chi connectivity index (χ1) is 10.2. The summed E-state index contributed by atoms with van der Waals surface area (Å²) >= 11 is 0. The molecule has 114 valence electrons. The first-order valence-corrected chi connectivity index (χ1v) is 7.76. The maximum absolute atomic E-state index is 5.38. The van der Waals surface area contributed by atoms with Crippen LogP contribution < -0.4 is 10.1 Å². The van der Waals surface area contributed by atoms with Gasteiger partial charge in [0, 0.05) is 56.4 Å². The van der Waals surface area contributed by atoms with Crippen LogP contribution in [-0.2, 0) is 13.5 Å². The summed E-state index contributed by atoms with van der Waals surface area (Å²) in [6.07, 6.45) is 3.35. The van der Waals surface area contributed by atoms with Crippen molar-refractivity contribution in [1.82, 2.24) is 14.8 Å². The topological polar surface area (TPSA) is 29.4 Å². The van der Waals surface area contributed by atoms with Crippen LogP contribution in [0.1, 0.15) is 12.5 Å². The van der Waals surface area contributed by atoms with Gasteiger partial charge in [0.05, 0.1) is 7.11 Å². The highest BCUT2D eigenvalue weighted by Crippen LogP contribution is 2.27. The molecule has 1 aliphatic rings. The Morgan fingerprint density at radius 2 is 2.05 bits per heavy atom. The highest BCUT2D eigenvalue weighted by molar-refractivity contribution is 5.85. The molecule has 0 spiro atoms. The van der Waals surface area contributed by atoms with Gasteiger partial charge >= 0.3 is 0 Å². The second-order valence-corrected chi connectivity index (χ2v) is 5.99. The van der Waals surface area contributed by atoms with Crippen LogP contribution in [0.2, 0.25) is 0 Å². The number of aryl methyl sites for hydroxylation is 1. The van der Waals surface area contributed by atoms with Gasteiger partial charge in [-0.05, 0) is 37.1 Å². The average molecular weight is 287 g/mol. The molecule has 3 rings (SSSR count). The number of nitrogens with zero attached hydrogens (tertiary/aromatic N) is 2. The van der Waals surface area contributed by atoms with E-state index in [1.165, 1.54) is 16.5 Å². The fraction of sp³-hybridized carbons (Fsp3) is 0.529. The monoisotopic (exact) mass is 287 g/mol. The molecule has 4 heteroatoms. The van der Waals surface area contributed by atoms with Gasteiger partial charge in [0.25, 0.3) is 0 Å². The Hall–Kier alpha value is -1.52. The number of piperazine rings is 1. The van der Waals surface area contributed by atoms with Gasteiger partial charge in [-0.2, -0.15) is 0 Å². The fourth-order valence-corrected chi connectivity index (χ4v) is 3.31. The first-order valence-electron chi connectivity index (χ1n) is 7.76. The van der Waals surface area contributed by atoms with Crippen LogP contribution in [0.25, 0.3) is 10.9 Å². The fourth-order valence-electron chi connectivity index (χ4n) is 3.31. The number of aromatic nitrogens is 1. The van der Waals surface area contributed by atoms with Crippen LogP contribution in [0.4, 0.5) is 0 Å². The molecule has 1 N–H and O–H groups in total. The van der Waals surface area contributed by atoms with Gasteiger partial charge in [-0.3, -0.25) is 4.90 Å². The van der Waals surface area contributed by atoms with E-state index < -0.39 is 0 Å². The summed E-state index contributed by atoms with van der Waals surface area (Å²) in [5.74, 6) is 0.935. The maximum Gasteiger partial charge on any atom is 0.119 e.